The third-order valence-corrected chi connectivity index (χ3v) is 6.53. The molecule has 0 radical (unpaired) electrons. The van der Waals surface area contributed by atoms with Crippen LogP contribution in [0.5, 0.6) is 11.5 Å². The molecule has 4 aromatic rings. The number of pyridine rings is 1. The largest absolute Gasteiger partial charge is 0.478 e. The van der Waals surface area contributed by atoms with E-state index >= 15 is 0 Å². The summed E-state index contributed by atoms with van der Waals surface area (Å²) < 4.78 is 11.0. The topological polar surface area (TPSA) is 109 Å². The normalized spacial score (nSPS) is 16.0. The number of nitrogens with one attached hydrogen (secondary N) is 1. The smallest absolute Gasteiger partial charge is 0.335 e. The lowest BCUT2D eigenvalue weighted by Crippen LogP contribution is -2.29. The van der Waals surface area contributed by atoms with Crippen molar-refractivity contribution in [3.63, 3.8) is 0 Å². The van der Waals surface area contributed by atoms with E-state index in [-0.39, 0.29) is 30.2 Å². The highest BCUT2D eigenvalue weighted by atomic mass is 16.7. The molecule has 8 nitrogen and oxygen atoms in total. The van der Waals surface area contributed by atoms with Crippen LogP contribution in [-0.2, 0) is 11.3 Å². The molecule has 0 saturated carbocycles. The number of aromatic nitrogens is 1. The van der Waals surface area contributed by atoms with Crippen LogP contribution in [0.15, 0.2) is 77.6 Å². The Morgan fingerprint density at radius 1 is 1.00 bits per heavy atom. The zero-order chi connectivity index (χ0) is 24.8. The van der Waals surface area contributed by atoms with Gasteiger partial charge in [-0.15, -0.1) is 0 Å². The standard InChI is InChI=1S/C28H20N2O6/c31-24(12-7-16-5-8-17(9-6-16)28(33)34)30-14-20-25(29-21-4-2-1-3-19(21)27(20)32)26(30)18-10-11-22-23(13-18)36-15-35-22/h1-13,26H,14-15H2,(H,29,32)(H,33,34). The number of hydrogen-bond acceptors (Lipinski definition) is 5. The number of nitrogens with zero attached hydrogens (tertiary/aromatic N) is 1. The van der Waals surface area contributed by atoms with Crippen molar-refractivity contribution in [1.82, 2.24) is 9.88 Å². The fourth-order valence-electron chi connectivity index (χ4n) is 4.74. The lowest BCUT2D eigenvalue weighted by molar-refractivity contribution is -0.127. The monoisotopic (exact) mass is 480 g/mol. The average molecular weight is 480 g/mol. The van der Waals surface area contributed by atoms with Gasteiger partial charge in [0.2, 0.25) is 12.7 Å². The molecule has 8 heteroatoms. The molecule has 1 amide bonds. The van der Waals surface area contributed by atoms with Crippen LogP contribution in [0.25, 0.3) is 17.0 Å². The molecule has 2 aliphatic rings. The summed E-state index contributed by atoms with van der Waals surface area (Å²) in [6.07, 6.45) is 3.07. The summed E-state index contributed by atoms with van der Waals surface area (Å²) in [5.74, 6) is -0.0785. The summed E-state index contributed by atoms with van der Waals surface area (Å²) in [6.45, 7) is 0.281. The zero-order valence-electron chi connectivity index (χ0n) is 18.9. The van der Waals surface area contributed by atoms with E-state index in [4.69, 9.17) is 14.6 Å². The average Bonchev–Trinajstić information content (AvgIpc) is 3.52. The number of benzene rings is 3. The predicted molar refractivity (Wildman–Crippen MR) is 132 cm³/mol. The minimum absolute atomic E-state index is 0.103. The van der Waals surface area contributed by atoms with Gasteiger partial charge in [-0.05, 0) is 53.6 Å². The molecule has 2 N–H and O–H groups in total. The summed E-state index contributed by atoms with van der Waals surface area (Å²) >= 11 is 0. The molecule has 3 aromatic carbocycles. The molecule has 3 heterocycles. The summed E-state index contributed by atoms with van der Waals surface area (Å²) in [4.78, 5) is 42.9. The van der Waals surface area contributed by atoms with Gasteiger partial charge in [-0.25, -0.2) is 4.79 Å². The molecular formula is C28H20N2O6. The Labute approximate surface area is 205 Å². The van der Waals surface area contributed by atoms with Crippen molar-refractivity contribution in [2.75, 3.05) is 6.79 Å². The first-order chi connectivity index (χ1) is 17.5. The molecule has 36 heavy (non-hydrogen) atoms. The van der Waals surface area contributed by atoms with Crippen molar-refractivity contribution < 1.29 is 24.2 Å². The van der Waals surface area contributed by atoms with E-state index in [0.717, 1.165) is 5.56 Å². The number of carboxylic acids is 1. The first-order valence-corrected chi connectivity index (χ1v) is 11.3. The van der Waals surface area contributed by atoms with Crippen molar-refractivity contribution in [3.8, 4) is 11.5 Å². The highest BCUT2D eigenvalue weighted by molar-refractivity contribution is 5.93. The number of hydrogen-bond donors (Lipinski definition) is 2. The molecule has 0 bridgehead atoms. The number of carbonyl (C=O) groups excluding carboxylic acids is 1. The van der Waals surface area contributed by atoms with E-state index in [1.165, 1.54) is 18.2 Å². The summed E-state index contributed by atoms with van der Waals surface area (Å²) in [6, 6.07) is 18.5. The minimum atomic E-state index is -1.01. The maximum Gasteiger partial charge on any atom is 0.335 e. The van der Waals surface area contributed by atoms with Crippen LogP contribution in [0.2, 0.25) is 0 Å². The molecular weight excluding hydrogens is 460 g/mol. The van der Waals surface area contributed by atoms with Gasteiger partial charge in [0.25, 0.3) is 0 Å². The number of carbonyl (C=O) groups is 2. The molecule has 6 rings (SSSR count). The molecule has 178 valence electrons. The molecule has 0 aliphatic carbocycles. The van der Waals surface area contributed by atoms with Crippen molar-refractivity contribution in [3.05, 3.63) is 111 Å². The number of para-hydroxylation sites is 1. The van der Waals surface area contributed by atoms with E-state index in [1.54, 1.807) is 35.2 Å². The molecule has 0 saturated heterocycles. The van der Waals surface area contributed by atoms with E-state index < -0.39 is 12.0 Å². The lowest BCUT2D eigenvalue weighted by atomic mass is 10.0. The van der Waals surface area contributed by atoms with Crippen LogP contribution >= 0.6 is 0 Å². The number of aromatic amines is 1. The van der Waals surface area contributed by atoms with Gasteiger partial charge in [0.05, 0.1) is 23.8 Å². The van der Waals surface area contributed by atoms with Gasteiger partial charge in [-0.1, -0.05) is 30.3 Å². The van der Waals surface area contributed by atoms with E-state index in [2.05, 4.69) is 4.98 Å². The van der Waals surface area contributed by atoms with Gasteiger partial charge in [-0.3, -0.25) is 9.59 Å². The van der Waals surface area contributed by atoms with Crippen LogP contribution in [-0.4, -0.2) is 33.7 Å². The van der Waals surface area contributed by atoms with Gasteiger partial charge in [0.15, 0.2) is 16.9 Å². The summed E-state index contributed by atoms with van der Waals surface area (Å²) in [7, 11) is 0. The van der Waals surface area contributed by atoms with Crippen LogP contribution in [0.1, 0.15) is 38.8 Å². The highest BCUT2D eigenvalue weighted by Crippen LogP contribution is 2.41. The zero-order valence-corrected chi connectivity index (χ0v) is 18.9. The van der Waals surface area contributed by atoms with Crippen LogP contribution in [0.3, 0.4) is 0 Å². The lowest BCUT2D eigenvalue weighted by Gasteiger charge is -2.24. The second-order valence-electron chi connectivity index (χ2n) is 8.63. The number of ether oxygens (including phenoxy) is 2. The number of H-pyrrole nitrogens is 1. The van der Waals surface area contributed by atoms with Crippen LogP contribution < -0.4 is 14.9 Å². The maximum absolute atomic E-state index is 13.5. The van der Waals surface area contributed by atoms with Gasteiger partial charge >= 0.3 is 5.97 Å². The van der Waals surface area contributed by atoms with Crippen LogP contribution in [0.4, 0.5) is 0 Å². The number of carboxylic acid groups (broad SMARTS) is 1. The van der Waals surface area contributed by atoms with E-state index in [0.29, 0.717) is 39.2 Å². The van der Waals surface area contributed by atoms with Crippen molar-refractivity contribution in [2.24, 2.45) is 0 Å². The number of rotatable bonds is 4. The van der Waals surface area contributed by atoms with Crippen molar-refractivity contribution in [2.45, 2.75) is 12.6 Å². The first-order valence-electron chi connectivity index (χ1n) is 11.3. The van der Waals surface area contributed by atoms with Gasteiger partial charge in [0.1, 0.15) is 0 Å². The third-order valence-electron chi connectivity index (χ3n) is 6.53. The summed E-state index contributed by atoms with van der Waals surface area (Å²) in [5.41, 5.74) is 3.46. The van der Waals surface area contributed by atoms with E-state index in [9.17, 15) is 14.4 Å². The SMILES string of the molecule is O=C(O)c1ccc(C=CC(=O)N2Cc3c([nH]c4ccccc4c3=O)C2c2ccc3c(c2)OCO3)cc1. The second kappa shape index (κ2) is 8.42. The van der Waals surface area contributed by atoms with Gasteiger partial charge < -0.3 is 24.5 Å². The Morgan fingerprint density at radius 3 is 2.58 bits per heavy atom. The molecule has 1 unspecified atom stereocenters. The minimum Gasteiger partial charge on any atom is -0.478 e. The van der Waals surface area contributed by atoms with Gasteiger partial charge in [0, 0.05) is 22.5 Å². The Balaban J connectivity index is 1.41. The fourth-order valence-corrected chi connectivity index (χ4v) is 4.74. The third kappa shape index (κ3) is 3.60. The van der Waals surface area contributed by atoms with Crippen molar-refractivity contribution in [1.29, 1.82) is 0 Å². The Bertz CT molecular complexity index is 1620. The Kier molecular flexibility index (Phi) is 5.07. The van der Waals surface area contributed by atoms with Crippen LogP contribution in [0, 0.1) is 0 Å². The highest BCUT2D eigenvalue weighted by Gasteiger charge is 2.37. The Hall–Kier alpha value is -4.85. The summed E-state index contributed by atoms with van der Waals surface area (Å²) in [5, 5.41) is 9.66. The number of amides is 1. The van der Waals surface area contributed by atoms with E-state index in [1.807, 2.05) is 30.3 Å². The molecule has 0 fully saturated rings. The first kappa shape index (κ1) is 21.7. The number of fused-ring (bicyclic) bond motifs is 3. The molecule has 1 atom stereocenters. The molecule has 2 aliphatic heterocycles. The van der Waals surface area contributed by atoms with Crippen molar-refractivity contribution >= 4 is 28.9 Å². The molecule has 1 aromatic heterocycles. The maximum atomic E-state index is 13.5. The molecule has 0 spiro atoms. The number of aromatic carboxylic acids is 1. The predicted octanol–water partition coefficient (Wildman–Crippen LogP) is 4.10. The fraction of sp³-hybridized carbons (Fsp3) is 0.107. The van der Waals surface area contributed by atoms with Gasteiger partial charge in [-0.2, -0.15) is 0 Å². The Morgan fingerprint density at radius 2 is 1.78 bits per heavy atom. The quantitative estimate of drug-likeness (QED) is 0.426. The second-order valence-corrected chi connectivity index (χ2v) is 8.63.